The van der Waals surface area contributed by atoms with E-state index in [2.05, 4.69) is 5.32 Å². The van der Waals surface area contributed by atoms with Crippen LogP contribution in [0.1, 0.15) is 28.8 Å². The standard InChI is InChI=1S/C26H28ClN5O5/c27-21-7-6-19(32(36)37)14-20(21)25(35)30-12-10-29(11-13-30)16-24(34)31-9-3-8-26(31)15-18-4-1-2-5-22(18)28-23(26)17-33/h1-2,4-7,14,17,23,28H,3,8-13,15-16H2. The number of halogens is 1. The van der Waals surface area contributed by atoms with Gasteiger partial charge in [-0.05, 0) is 30.5 Å². The fourth-order valence-corrected chi connectivity index (χ4v) is 6.04. The third-order valence-electron chi connectivity index (χ3n) is 7.78. The Labute approximate surface area is 219 Å². The molecule has 2 fully saturated rings. The van der Waals surface area contributed by atoms with Crippen molar-refractivity contribution in [1.82, 2.24) is 14.7 Å². The van der Waals surface area contributed by atoms with Gasteiger partial charge in [-0.2, -0.15) is 0 Å². The van der Waals surface area contributed by atoms with Gasteiger partial charge in [0.2, 0.25) is 5.91 Å². The topological polar surface area (TPSA) is 116 Å². The highest BCUT2D eigenvalue weighted by atomic mass is 35.5. The molecule has 3 heterocycles. The molecular weight excluding hydrogens is 498 g/mol. The predicted octanol–water partition coefficient (Wildman–Crippen LogP) is 2.60. The molecule has 37 heavy (non-hydrogen) atoms. The van der Waals surface area contributed by atoms with Crippen LogP contribution < -0.4 is 5.32 Å². The molecule has 2 aromatic rings. The molecule has 0 aliphatic carbocycles. The van der Waals surface area contributed by atoms with Gasteiger partial charge in [0.15, 0.2) is 0 Å². The number of hydrogen-bond acceptors (Lipinski definition) is 7. The van der Waals surface area contributed by atoms with Gasteiger partial charge in [-0.25, -0.2) is 0 Å². The van der Waals surface area contributed by atoms with Crippen molar-refractivity contribution >= 4 is 41.1 Å². The molecule has 10 nitrogen and oxygen atoms in total. The first-order chi connectivity index (χ1) is 17.8. The normalized spacial score (nSPS) is 23.4. The highest BCUT2D eigenvalue weighted by Gasteiger charge is 2.51. The quantitative estimate of drug-likeness (QED) is 0.362. The van der Waals surface area contributed by atoms with Crippen molar-refractivity contribution < 1.29 is 19.3 Å². The number of hydrogen-bond donors (Lipinski definition) is 1. The Morgan fingerprint density at radius 3 is 2.62 bits per heavy atom. The van der Waals surface area contributed by atoms with Gasteiger partial charge >= 0.3 is 0 Å². The molecular formula is C26H28ClN5O5. The molecule has 1 N–H and O–H groups in total. The lowest BCUT2D eigenvalue weighted by atomic mass is 9.78. The van der Waals surface area contributed by atoms with E-state index in [1.54, 1.807) is 4.90 Å². The number of carbonyl (C=O) groups is 3. The molecule has 0 bridgehead atoms. The van der Waals surface area contributed by atoms with E-state index < -0.39 is 16.5 Å². The molecule has 1 spiro atoms. The minimum Gasteiger partial charge on any atom is -0.373 e. The Hall–Kier alpha value is -3.50. The first kappa shape index (κ1) is 25.2. The summed E-state index contributed by atoms with van der Waals surface area (Å²) in [4.78, 5) is 54.6. The SMILES string of the molecule is O=CC1Nc2ccccc2CC12CCCN2C(=O)CN1CCN(C(=O)c2cc([N+](=O)[O-])ccc2Cl)CC1. The van der Waals surface area contributed by atoms with Crippen molar-refractivity contribution in [1.29, 1.82) is 0 Å². The third kappa shape index (κ3) is 4.67. The molecule has 0 aromatic heterocycles. The second kappa shape index (κ2) is 10.1. The number of para-hydroxylation sites is 1. The highest BCUT2D eigenvalue weighted by Crippen LogP contribution is 2.41. The minimum atomic E-state index is -0.580. The van der Waals surface area contributed by atoms with Crippen LogP contribution in [0.25, 0.3) is 0 Å². The summed E-state index contributed by atoms with van der Waals surface area (Å²) in [5.74, 6) is -0.383. The van der Waals surface area contributed by atoms with E-state index in [1.165, 1.54) is 18.2 Å². The molecule has 5 rings (SSSR count). The molecule has 2 amide bonds. The van der Waals surface area contributed by atoms with E-state index in [1.807, 2.05) is 34.1 Å². The van der Waals surface area contributed by atoms with Crippen LogP contribution in [0.4, 0.5) is 11.4 Å². The second-order valence-corrected chi connectivity index (χ2v) is 10.2. The average Bonchev–Trinajstić information content (AvgIpc) is 3.32. The maximum absolute atomic E-state index is 13.5. The van der Waals surface area contributed by atoms with Crippen LogP contribution in [0.15, 0.2) is 42.5 Å². The van der Waals surface area contributed by atoms with Gasteiger partial charge in [0.25, 0.3) is 11.6 Å². The van der Waals surface area contributed by atoms with E-state index in [4.69, 9.17) is 11.6 Å². The summed E-state index contributed by atoms with van der Waals surface area (Å²) < 4.78 is 0. The summed E-state index contributed by atoms with van der Waals surface area (Å²) in [7, 11) is 0. The van der Waals surface area contributed by atoms with Gasteiger partial charge in [-0.3, -0.25) is 24.6 Å². The maximum Gasteiger partial charge on any atom is 0.270 e. The third-order valence-corrected chi connectivity index (χ3v) is 8.11. The number of aldehydes is 1. The Bertz CT molecular complexity index is 1250. The minimum absolute atomic E-state index is 0.0213. The van der Waals surface area contributed by atoms with Crippen molar-refractivity contribution in [3.63, 3.8) is 0 Å². The number of amides is 2. The Balaban J connectivity index is 1.24. The van der Waals surface area contributed by atoms with Crippen molar-refractivity contribution in [3.05, 3.63) is 68.7 Å². The lowest BCUT2D eigenvalue weighted by Gasteiger charge is -2.47. The fraction of sp³-hybridized carbons (Fsp3) is 0.423. The number of non-ortho nitro benzene ring substituents is 1. The van der Waals surface area contributed by atoms with Gasteiger partial charge in [0.05, 0.1) is 27.6 Å². The summed E-state index contributed by atoms with van der Waals surface area (Å²) in [6.07, 6.45) is 3.16. The Morgan fingerprint density at radius 2 is 1.89 bits per heavy atom. The number of likely N-dealkylation sites (tertiary alicyclic amines) is 1. The zero-order valence-corrected chi connectivity index (χ0v) is 21.0. The van der Waals surface area contributed by atoms with E-state index in [-0.39, 0.29) is 34.6 Å². The number of rotatable bonds is 5. The lowest BCUT2D eigenvalue weighted by molar-refractivity contribution is -0.384. The lowest BCUT2D eigenvalue weighted by Crippen LogP contribution is -2.63. The van der Waals surface area contributed by atoms with Crippen LogP contribution in [0.3, 0.4) is 0 Å². The predicted molar refractivity (Wildman–Crippen MR) is 138 cm³/mol. The van der Waals surface area contributed by atoms with Gasteiger partial charge in [-0.1, -0.05) is 29.8 Å². The highest BCUT2D eigenvalue weighted by molar-refractivity contribution is 6.33. The molecule has 3 aliphatic heterocycles. The molecule has 2 atom stereocenters. The summed E-state index contributed by atoms with van der Waals surface area (Å²) in [6.45, 7) is 2.54. The van der Waals surface area contributed by atoms with E-state index >= 15 is 0 Å². The van der Waals surface area contributed by atoms with Crippen LogP contribution >= 0.6 is 11.6 Å². The number of carbonyl (C=O) groups excluding carboxylic acids is 3. The summed E-state index contributed by atoms with van der Waals surface area (Å²) in [6, 6.07) is 11.3. The summed E-state index contributed by atoms with van der Waals surface area (Å²) in [5, 5.41) is 14.6. The average molecular weight is 526 g/mol. The van der Waals surface area contributed by atoms with Crippen molar-refractivity contribution in [2.45, 2.75) is 30.8 Å². The number of anilines is 1. The number of nitrogens with one attached hydrogen (secondary N) is 1. The zero-order valence-electron chi connectivity index (χ0n) is 20.3. The van der Waals surface area contributed by atoms with Crippen LogP contribution in [0.2, 0.25) is 5.02 Å². The van der Waals surface area contributed by atoms with E-state index in [0.29, 0.717) is 39.1 Å². The number of piperazine rings is 1. The Kier molecular flexibility index (Phi) is 6.87. The van der Waals surface area contributed by atoms with Crippen LogP contribution in [0, 0.1) is 10.1 Å². The molecule has 0 radical (unpaired) electrons. The number of fused-ring (bicyclic) bond motifs is 1. The smallest absolute Gasteiger partial charge is 0.270 e. The second-order valence-electron chi connectivity index (χ2n) is 9.83. The van der Waals surface area contributed by atoms with Gasteiger partial charge in [-0.15, -0.1) is 0 Å². The maximum atomic E-state index is 13.5. The summed E-state index contributed by atoms with van der Waals surface area (Å²) >= 11 is 6.15. The van der Waals surface area contributed by atoms with Crippen LogP contribution in [-0.2, 0) is 16.0 Å². The number of nitro groups is 1. The van der Waals surface area contributed by atoms with Crippen molar-refractivity contribution in [3.8, 4) is 0 Å². The van der Waals surface area contributed by atoms with Gasteiger partial charge in [0.1, 0.15) is 12.3 Å². The molecule has 2 unspecified atom stereocenters. The van der Waals surface area contributed by atoms with Crippen molar-refractivity contribution in [2.24, 2.45) is 0 Å². The van der Waals surface area contributed by atoms with E-state index in [0.717, 1.165) is 30.4 Å². The first-order valence-electron chi connectivity index (χ1n) is 12.4. The fourth-order valence-electron chi connectivity index (χ4n) is 5.85. The molecule has 2 aromatic carbocycles. The zero-order chi connectivity index (χ0) is 26.2. The largest absolute Gasteiger partial charge is 0.373 e. The Morgan fingerprint density at radius 1 is 1.14 bits per heavy atom. The number of nitrogens with zero attached hydrogens (tertiary/aromatic N) is 4. The van der Waals surface area contributed by atoms with Gasteiger partial charge in [0, 0.05) is 57.0 Å². The molecule has 194 valence electrons. The van der Waals surface area contributed by atoms with Gasteiger partial charge < -0.3 is 19.9 Å². The first-order valence-corrected chi connectivity index (χ1v) is 12.8. The number of benzene rings is 2. The molecule has 0 saturated carbocycles. The number of nitro benzene ring substituents is 1. The van der Waals surface area contributed by atoms with Crippen LogP contribution in [0.5, 0.6) is 0 Å². The van der Waals surface area contributed by atoms with Crippen molar-refractivity contribution in [2.75, 3.05) is 44.6 Å². The summed E-state index contributed by atoms with van der Waals surface area (Å²) in [5.41, 5.74) is 1.37. The molecule has 11 heteroatoms. The molecule has 3 aliphatic rings. The van der Waals surface area contributed by atoms with Crippen LogP contribution in [-0.4, -0.2) is 88.6 Å². The van der Waals surface area contributed by atoms with E-state index in [9.17, 15) is 24.5 Å². The molecule has 2 saturated heterocycles. The monoisotopic (exact) mass is 525 g/mol.